The minimum Gasteiger partial charge on any atom is -0.494 e. The molecule has 1 aliphatic carbocycles. The maximum Gasteiger partial charge on any atom is 0.325 e. The minimum atomic E-state index is -1.11. The predicted octanol–water partition coefficient (Wildman–Crippen LogP) is 2.60. The molecule has 1 aromatic carbocycles. The second kappa shape index (κ2) is 13.3. The Labute approximate surface area is 210 Å². The molecule has 0 aliphatic heterocycles. The number of ether oxygens (including phenoxy) is 2. The molecule has 1 fully saturated rings. The second-order valence-electron chi connectivity index (χ2n) is 8.38. The average molecular weight is 500 g/mol. The lowest BCUT2D eigenvalue weighted by Crippen LogP contribution is -2.50. The van der Waals surface area contributed by atoms with E-state index in [1.165, 1.54) is 12.3 Å². The van der Waals surface area contributed by atoms with E-state index in [1.807, 2.05) is 6.92 Å². The zero-order valence-corrected chi connectivity index (χ0v) is 20.7. The fourth-order valence-electron chi connectivity index (χ4n) is 4.16. The Balaban J connectivity index is 1.88. The number of esters is 1. The lowest BCUT2D eigenvalue weighted by molar-refractivity contribution is -0.152. The number of nitrogens with one attached hydrogen (secondary N) is 2. The van der Waals surface area contributed by atoms with Gasteiger partial charge < -0.3 is 29.4 Å². The molecule has 10 nitrogen and oxygen atoms in total. The lowest BCUT2D eigenvalue weighted by Gasteiger charge is -2.31. The molecule has 0 spiro atoms. The molecule has 0 unspecified atom stereocenters. The van der Waals surface area contributed by atoms with Crippen LogP contribution in [0, 0.1) is 0 Å². The number of hydrogen-bond acceptors (Lipinski definition) is 7. The largest absolute Gasteiger partial charge is 0.494 e. The van der Waals surface area contributed by atoms with Gasteiger partial charge in [-0.25, -0.2) is 0 Å². The first kappa shape index (κ1) is 26.8. The standard InChI is InChI=1S/C26H33N3O7/c1-3-34-20-13-11-18(12-14-20)24(26(33)28-19-8-5-6-9-19)29(17-23(31)35-4-2)22(30)16-27-25(32)21-10-7-15-36-21/h7,10-15,19,24H,3-6,8-9,16-17H2,1-2H3,(H,27,32)(H,28,33)/t24-/m0/s1. The summed E-state index contributed by atoms with van der Waals surface area (Å²) < 4.78 is 15.6. The first-order valence-electron chi connectivity index (χ1n) is 12.2. The molecule has 1 heterocycles. The molecule has 0 radical (unpaired) electrons. The maximum atomic E-state index is 13.5. The van der Waals surface area contributed by atoms with Gasteiger partial charge >= 0.3 is 5.97 Å². The van der Waals surface area contributed by atoms with E-state index in [9.17, 15) is 19.2 Å². The van der Waals surface area contributed by atoms with Gasteiger partial charge in [-0.15, -0.1) is 0 Å². The topological polar surface area (TPSA) is 127 Å². The van der Waals surface area contributed by atoms with Crippen LogP contribution in [0.2, 0.25) is 0 Å². The Morgan fingerprint density at radius 2 is 1.78 bits per heavy atom. The van der Waals surface area contributed by atoms with E-state index in [2.05, 4.69) is 10.6 Å². The second-order valence-corrected chi connectivity index (χ2v) is 8.38. The average Bonchev–Trinajstić information content (AvgIpc) is 3.58. The number of nitrogens with zero attached hydrogens (tertiary/aromatic N) is 1. The molecule has 1 saturated carbocycles. The Bertz CT molecular complexity index is 1010. The van der Waals surface area contributed by atoms with Crippen LogP contribution in [0.3, 0.4) is 0 Å². The summed E-state index contributed by atoms with van der Waals surface area (Å²) in [5.74, 6) is -1.61. The highest BCUT2D eigenvalue weighted by atomic mass is 16.5. The Morgan fingerprint density at radius 1 is 1.06 bits per heavy atom. The summed E-state index contributed by atoms with van der Waals surface area (Å²) >= 11 is 0. The Hall–Kier alpha value is -3.82. The van der Waals surface area contributed by atoms with Gasteiger partial charge in [0.15, 0.2) is 5.76 Å². The fraction of sp³-hybridized carbons (Fsp3) is 0.462. The van der Waals surface area contributed by atoms with Crippen molar-refractivity contribution in [3.8, 4) is 5.75 Å². The van der Waals surface area contributed by atoms with Crippen LogP contribution in [-0.4, -0.2) is 60.9 Å². The highest BCUT2D eigenvalue weighted by Gasteiger charge is 2.35. The van der Waals surface area contributed by atoms with Gasteiger partial charge in [-0.3, -0.25) is 19.2 Å². The summed E-state index contributed by atoms with van der Waals surface area (Å²) in [5, 5.41) is 5.51. The van der Waals surface area contributed by atoms with E-state index in [0.29, 0.717) is 17.9 Å². The van der Waals surface area contributed by atoms with Crippen molar-refractivity contribution in [3.63, 3.8) is 0 Å². The fourth-order valence-corrected chi connectivity index (χ4v) is 4.16. The highest BCUT2D eigenvalue weighted by molar-refractivity contribution is 5.96. The van der Waals surface area contributed by atoms with E-state index < -0.39 is 42.8 Å². The van der Waals surface area contributed by atoms with Crippen LogP contribution in [0.5, 0.6) is 5.75 Å². The molecule has 3 rings (SSSR count). The molecule has 1 aliphatic rings. The predicted molar refractivity (Wildman–Crippen MR) is 130 cm³/mol. The van der Waals surface area contributed by atoms with Crippen molar-refractivity contribution in [3.05, 3.63) is 54.0 Å². The van der Waals surface area contributed by atoms with Crippen LogP contribution in [0.1, 0.15) is 61.7 Å². The van der Waals surface area contributed by atoms with Gasteiger partial charge in [0, 0.05) is 6.04 Å². The number of furan rings is 1. The maximum absolute atomic E-state index is 13.5. The number of rotatable bonds is 12. The van der Waals surface area contributed by atoms with Crippen LogP contribution >= 0.6 is 0 Å². The van der Waals surface area contributed by atoms with Gasteiger partial charge in [-0.05, 0) is 56.5 Å². The Kier molecular flexibility index (Phi) is 9.91. The van der Waals surface area contributed by atoms with E-state index >= 15 is 0 Å². The summed E-state index contributed by atoms with van der Waals surface area (Å²) in [5.41, 5.74) is 0.504. The number of carbonyl (C=O) groups excluding carboxylic acids is 4. The minimum absolute atomic E-state index is 0.000832. The van der Waals surface area contributed by atoms with Crippen molar-refractivity contribution >= 4 is 23.7 Å². The summed E-state index contributed by atoms with van der Waals surface area (Å²) in [7, 11) is 0. The number of amides is 3. The lowest BCUT2D eigenvalue weighted by atomic mass is 10.0. The van der Waals surface area contributed by atoms with E-state index in [-0.39, 0.29) is 18.4 Å². The van der Waals surface area contributed by atoms with Crippen LogP contribution < -0.4 is 15.4 Å². The molecule has 0 saturated heterocycles. The summed E-state index contributed by atoms with van der Waals surface area (Å²) in [6.45, 7) is 3.22. The van der Waals surface area contributed by atoms with E-state index in [4.69, 9.17) is 13.9 Å². The number of carbonyl (C=O) groups is 4. The smallest absolute Gasteiger partial charge is 0.325 e. The van der Waals surface area contributed by atoms with E-state index in [1.54, 1.807) is 37.3 Å². The molecule has 1 atom stereocenters. The van der Waals surface area contributed by atoms with Gasteiger partial charge in [0.1, 0.15) is 18.3 Å². The van der Waals surface area contributed by atoms with Crippen LogP contribution in [0.4, 0.5) is 0 Å². The SMILES string of the molecule is CCOC(=O)CN(C(=O)CNC(=O)c1ccco1)[C@H](C(=O)NC1CCCC1)c1ccc(OCC)cc1. The van der Waals surface area contributed by atoms with E-state index in [0.717, 1.165) is 30.6 Å². The molecular formula is C26H33N3O7. The van der Waals surface area contributed by atoms with Gasteiger partial charge in [-0.2, -0.15) is 0 Å². The van der Waals surface area contributed by atoms with Crippen molar-refractivity contribution in [2.45, 2.75) is 51.6 Å². The zero-order valence-electron chi connectivity index (χ0n) is 20.7. The van der Waals surface area contributed by atoms with Gasteiger partial charge in [0.25, 0.3) is 5.91 Å². The summed E-state index contributed by atoms with van der Waals surface area (Å²) in [4.78, 5) is 52.8. The molecule has 0 bridgehead atoms. The van der Waals surface area contributed by atoms with Crippen LogP contribution in [0.15, 0.2) is 47.1 Å². The molecule has 10 heteroatoms. The molecule has 36 heavy (non-hydrogen) atoms. The number of benzene rings is 1. The van der Waals surface area contributed by atoms with Gasteiger partial charge in [0.2, 0.25) is 11.8 Å². The molecule has 3 amide bonds. The van der Waals surface area contributed by atoms with Crippen molar-refractivity contribution in [1.82, 2.24) is 15.5 Å². The van der Waals surface area contributed by atoms with Gasteiger partial charge in [-0.1, -0.05) is 25.0 Å². The third-order valence-electron chi connectivity index (χ3n) is 5.84. The molecule has 194 valence electrons. The summed E-state index contributed by atoms with van der Waals surface area (Å²) in [6, 6.07) is 8.71. The van der Waals surface area contributed by atoms with Crippen LogP contribution in [-0.2, 0) is 19.1 Å². The molecule has 1 aromatic heterocycles. The first-order chi connectivity index (χ1) is 17.4. The summed E-state index contributed by atoms with van der Waals surface area (Å²) in [6.07, 6.45) is 5.09. The van der Waals surface area contributed by atoms with Crippen molar-refractivity contribution in [2.75, 3.05) is 26.3 Å². The normalized spacial score (nSPS) is 14.1. The third kappa shape index (κ3) is 7.34. The zero-order chi connectivity index (χ0) is 25.9. The molecule has 2 aromatic rings. The monoisotopic (exact) mass is 499 g/mol. The molecule has 2 N–H and O–H groups in total. The van der Waals surface area contributed by atoms with Crippen molar-refractivity contribution < 1.29 is 33.1 Å². The Morgan fingerprint density at radius 3 is 2.39 bits per heavy atom. The third-order valence-corrected chi connectivity index (χ3v) is 5.84. The van der Waals surface area contributed by atoms with Crippen molar-refractivity contribution in [2.24, 2.45) is 0 Å². The van der Waals surface area contributed by atoms with Crippen molar-refractivity contribution in [1.29, 1.82) is 0 Å². The number of hydrogen-bond donors (Lipinski definition) is 2. The van der Waals surface area contributed by atoms with Crippen LogP contribution in [0.25, 0.3) is 0 Å². The first-order valence-corrected chi connectivity index (χ1v) is 12.2. The van der Waals surface area contributed by atoms with Gasteiger partial charge in [0.05, 0.1) is 26.0 Å². The molecular weight excluding hydrogens is 466 g/mol. The quantitative estimate of drug-likeness (QED) is 0.430. The highest BCUT2D eigenvalue weighted by Crippen LogP contribution is 2.26.